The first kappa shape index (κ1) is 15.2. The van der Waals surface area contributed by atoms with E-state index in [-0.39, 0.29) is 11.8 Å². The number of nitrogens with two attached hydrogens (primary N) is 2. The third kappa shape index (κ3) is 4.11. The number of amides is 2. The van der Waals surface area contributed by atoms with Crippen LogP contribution in [0.2, 0.25) is 0 Å². The molecule has 0 bridgehead atoms. The van der Waals surface area contributed by atoms with E-state index in [1.165, 1.54) is 6.92 Å². The third-order valence-corrected chi connectivity index (χ3v) is 3.77. The Morgan fingerprint density at radius 1 is 1.19 bits per heavy atom. The molecule has 1 saturated heterocycles. The molecule has 0 atom stereocenters. The lowest BCUT2D eigenvalue weighted by Crippen LogP contribution is -2.41. The topological polar surface area (TPSA) is 101 Å². The number of benzene rings is 1. The van der Waals surface area contributed by atoms with E-state index in [0.29, 0.717) is 42.5 Å². The predicted molar refractivity (Wildman–Crippen MR) is 82.6 cm³/mol. The highest BCUT2D eigenvalue weighted by Gasteiger charge is 2.24. The maximum atomic E-state index is 12.4. The fourth-order valence-electron chi connectivity index (χ4n) is 2.61. The highest BCUT2D eigenvalue weighted by atomic mass is 16.2. The molecule has 5 N–H and O–H groups in total. The van der Waals surface area contributed by atoms with Crippen molar-refractivity contribution in [1.29, 1.82) is 0 Å². The van der Waals surface area contributed by atoms with Crippen LogP contribution >= 0.6 is 0 Å². The van der Waals surface area contributed by atoms with Crippen molar-refractivity contribution in [3.8, 4) is 0 Å². The van der Waals surface area contributed by atoms with Gasteiger partial charge in [-0.15, -0.1) is 0 Å². The molecule has 6 heteroatoms. The zero-order valence-electron chi connectivity index (χ0n) is 12.3. The number of carbonyl (C=O) groups is 2. The smallest absolute Gasteiger partial charge is 0.254 e. The number of nitrogens with one attached hydrogen (secondary N) is 1. The van der Waals surface area contributed by atoms with Crippen molar-refractivity contribution in [1.82, 2.24) is 10.2 Å². The van der Waals surface area contributed by atoms with Crippen LogP contribution in [0.15, 0.2) is 18.2 Å². The number of hydrogen-bond donors (Lipinski definition) is 3. The van der Waals surface area contributed by atoms with Gasteiger partial charge in [0.1, 0.15) is 0 Å². The summed E-state index contributed by atoms with van der Waals surface area (Å²) in [6, 6.07) is 4.95. The summed E-state index contributed by atoms with van der Waals surface area (Å²) in [7, 11) is 0. The van der Waals surface area contributed by atoms with Crippen molar-refractivity contribution in [2.75, 3.05) is 31.1 Å². The average molecular weight is 290 g/mol. The van der Waals surface area contributed by atoms with Crippen LogP contribution in [0.4, 0.5) is 11.4 Å². The summed E-state index contributed by atoms with van der Waals surface area (Å²) in [5.41, 5.74) is 13.0. The van der Waals surface area contributed by atoms with E-state index >= 15 is 0 Å². The molecule has 1 aromatic rings. The van der Waals surface area contributed by atoms with Crippen molar-refractivity contribution in [3.63, 3.8) is 0 Å². The summed E-state index contributed by atoms with van der Waals surface area (Å²) in [5.74, 6) is 0.389. The van der Waals surface area contributed by atoms with Crippen molar-refractivity contribution in [2.45, 2.75) is 19.8 Å². The van der Waals surface area contributed by atoms with Gasteiger partial charge in [-0.2, -0.15) is 0 Å². The van der Waals surface area contributed by atoms with Gasteiger partial charge in [0.2, 0.25) is 5.91 Å². The standard InChI is InChI=1S/C15H22N4O2/c1-10(20)18-9-11-2-4-19(5-3-11)15(21)12-6-13(16)8-14(17)7-12/h6-8,11H,2-5,9,16-17H2,1H3,(H,18,20). The van der Waals surface area contributed by atoms with Crippen LogP contribution < -0.4 is 16.8 Å². The molecule has 0 unspecified atom stereocenters. The number of likely N-dealkylation sites (tertiary alicyclic amines) is 1. The van der Waals surface area contributed by atoms with Gasteiger partial charge < -0.3 is 21.7 Å². The van der Waals surface area contributed by atoms with Crippen molar-refractivity contribution in [2.24, 2.45) is 5.92 Å². The fourth-order valence-corrected chi connectivity index (χ4v) is 2.61. The molecule has 1 aromatic carbocycles. The SMILES string of the molecule is CC(=O)NCC1CCN(C(=O)c2cc(N)cc(N)c2)CC1. The van der Waals surface area contributed by atoms with E-state index in [9.17, 15) is 9.59 Å². The number of nitrogens with zero attached hydrogens (tertiary/aromatic N) is 1. The van der Waals surface area contributed by atoms with E-state index in [0.717, 1.165) is 12.8 Å². The highest BCUT2D eigenvalue weighted by Crippen LogP contribution is 2.20. The van der Waals surface area contributed by atoms with Gasteiger partial charge in [-0.3, -0.25) is 9.59 Å². The van der Waals surface area contributed by atoms with Crippen LogP contribution in [-0.2, 0) is 4.79 Å². The molecule has 0 saturated carbocycles. The van der Waals surface area contributed by atoms with Crippen molar-refractivity contribution >= 4 is 23.2 Å². The maximum absolute atomic E-state index is 12.4. The van der Waals surface area contributed by atoms with Crippen LogP contribution in [0, 0.1) is 5.92 Å². The number of rotatable bonds is 3. The zero-order valence-corrected chi connectivity index (χ0v) is 12.3. The Morgan fingerprint density at radius 3 is 2.29 bits per heavy atom. The zero-order chi connectivity index (χ0) is 15.4. The minimum absolute atomic E-state index is 0.0104. The van der Waals surface area contributed by atoms with E-state index < -0.39 is 0 Å². The first-order chi connectivity index (χ1) is 9.95. The van der Waals surface area contributed by atoms with Gasteiger partial charge in [0.25, 0.3) is 5.91 Å². The lowest BCUT2D eigenvalue weighted by Gasteiger charge is -2.32. The lowest BCUT2D eigenvalue weighted by molar-refractivity contribution is -0.119. The molecule has 1 aliphatic rings. The van der Waals surface area contributed by atoms with Gasteiger partial charge in [0, 0.05) is 43.5 Å². The molecule has 6 nitrogen and oxygen atoms in total. The Kier molecular flexibility index (Phi) is 4.67. The van der Waals surface area contributed by atoms with E-state index in [1.54, 1.807) is 18.2 Å². The lowest BCUT2D eigenvalue weighted by atomic mass is 9.96. The predicted octanol–water partition coefficient (Wildman–Crippen LogP) is 0.839. The first-order valence-electron chi connectivity index (χ1n) is 7.15. The molecule has 2 rings (SSSR count). The van der Waals surface area contributed by atoms with Gasteiger partial charge in [0.05, 0.1) is 0 Å². The van der Waals surface area contributed by atoms with Gasteiger partial charge >= 0.3 is 0 Å². The summed E-state index contributed by atoms with van der Waals surface area (Å²) < 4.78 is 0. The van der Waals surface area contributed by atoms with E-state index in [4.69, 9.17) is 11.5 Å². The molecule has 2 amide bonds. The first-order valence-corrected chi connectivity index (χ1v) is 7.15. The summed E-state index contributed by atoms with van der Waals surface area (Å²) in [5, 5.41) is 2.83. The van der Waals surface area contributed by atoms with Gasteiger partial charge in [-0.25, -0.2) is 0 Å². The molecule has 21 heavy (non-hydrogen) atoms. The summed E-state index contributed by atoms with van der Waals surface area (Å²) in [6.45, 7) is 3.58. The van der Waals surface area contributed by atoms with Gasteiger partial charge in [-0.05, 0) is 37.0 Å². The van der Waals surface area contributed by atoms with Gasteiger partial charge in [-0.1, -0.05) is 0 Å². The molecule has 0 spiro atoms. The van der Waals surface area contributed by atoms with Crippen LogP contribution in [-0.4, -0.2) is 36.3 Å². The molecule has 1 heterocycles. The van der Waals surface area contributed by atoms with Crippen LogP contribution in [0.25, 0.3) is 0 Å². The number of anilines is 2. The van der Waals surface area contributed by atoms with Crippen molar-refractivity contribution in [3.05, 3.63) is 23.8 Å². The Hall–Kier alpha value is -2.24. The molecular formula is C15H22N4O2. The normalized spacial score (nSPS) is 15.8. The third-order valence-electron chi connectivity index (χ3n) is 3.77. The van der Waals surface area contributed by atoms with Crippen LogP contribution in [0.3, 0.4) is 0 Å². The Morgan fingerprint density at radius 2 is 1.76 bits per heavy atom. The minimum Gasteiger partial charge on any atom is -0.399 e. The van der Waals surface area contributed by atoms with Crippen LogP contribution in [0.1, 0.15) is 30.1 Å². The second kappa shape index (κ2) is 6.47. The fraction of sp³-hybridized carbons (Fsp3) is 0.467. The second-order valence-electron chi connectivity index (χ2n) is 5.56. The number of carbonyl (C=O) groups excluding carboxylic acids is 2. The Bertz CT molecular complexity index is 516. The molecule has 0 aliphatic carbocycles. The monoisotopic (exact) mass is 290 g/mol. The van der Waals surface area contributed by atoms with E-state index in [2.05, 4.69) is 5.32 Å². The highest BCUT2D eigenvalue weighted by molar-refractivity contribution is 5.96. The van der Waals surface area contributed by atoms with E-state index in [1.807, 2.05) is 4.90 Å². The summed E-state index contributed by atoms with van der Waals surface area (Å²) >= 11 is 0. The number of nitrogen functional groups attached to an aromatic ring is 2. The molecule has 0 radical (unpaired) electrons. The minimum atomic E-state index is -0.0352. The molecule has 1 aliphatic heterocycles. The largest absolute Gasteiger partial charge is 0.399 e. The summed E-state index contributed by atoms with van der Waals surface area (Å²) in [4.78, 5) is 25.1. The molecule has 114 valence electrons. The Balaban J connectivity index is 1.92. The molecular weight excluding hydrogens is 268 g/mol. The second-order valence-corrected chi connectivity index (χ2v) is 5.56. The van der Waals surface area contributed by atoms with Crippen molar-refractivity contribution < 1.29 is 9.59 Å². The average Bonchev–Trinajstić information content (AvgIpc) is 2.44. The van der Waals surface area contributed by atoms with Gasteiger partial charge in [0.15, 0.2) is 0 Å². The maximum Gasteiger partial charge on any atom is 0.254 e. The summed E-state index contributed by atoms with van der Waals surface area (Å²) in [6.07, 6.45) is 1.79. The molecule has 0 aromatic heterocycles. The molecule has 1 fully saturated rings. The van der Waals surface area contributed by atoms with Crippen LogP contribution in [0.5, 0.6) is 0 Å². The Labute approximate surface area is 124 Å². The number of hydrogen-bond acceptors (Lipinski definition) is 4. The number of piperidine rings is 1. The quantitative estimate of drug-likeness (QED) is 0.718.